The van der Waals surface area contributed by atoms with E-state index in [2.05, 4.69) is 52.0 Å². The van der Waals surface area contributed by atoms with E-state index in [1.807, 2.05) is 12.1 Å². The second-order valence-corrected chi connectivity index (χ2v) is 6.68. The first-order valence-electron chi connectivity index (χ1n) is 7.44. The zero-order valence-corrected chi connectivity index (χ0v) is 13.8. The molecule has 1 heterocycles. The van der Waals surface area contributed by atoms with Crippen LogP contribution in [0.4, 0.5) is 0 Å². The fourth-order valence-corrected chi connectivity index (χ4v) is 3.46. The van der Waals surface area contributed by atoms with E-state index in [0.29, 0.717) is 5.75 Å². The molecular formula is C18H20BrNO. The van der Waals surface area contributed by atoms with Crippen molar-refractivity contribution in [3.63, 3.8) is 0 Å². The molecule has 1 atom stereocenters. The molecular weight excluding hydrogens is 326 g/mol. The maximum Gasteiger partial charge on any atom is 0.120 e. The number of benzene rings is 2. The van der Waals surface area contributed by atoms with Gasteiger partial charge < -0.3 is 5.11 Å². The van der Waals surface area contributed by atoms with Gasteiger partial charge in [0.15, 0.2) is 0 Å². The van der Waals surface area contributed by atoms with Crippen molar-refractivity contribution in [1.82, 2.24) is 4.90 Å². The molecule has 1 N–H and O–H groups in total. The Bertz CT molecular complexity index is 618. The number of aromatic hydroxyl groups is 1. The van der Waals surface area contributed by atoms with Crippen LogP contribution < -0.4 is 0 Å². The fourth-order valence-electron chi connectivity index (χ4n) is 3.08. The number of hydrogen-bond acceptors (Lipinski definition) is 2. The molecule has 0 bridgehead atoms. The molecule has 21 heavy (non-hydrogen) atoms. The van der Waals surface area contributed by atoms with Gasteiger partial charge in [0, 0.05) is 10.0 Å². The van der Waals surface area contributed by atoms with E-state index in [-0.39, 0.29) is 6.04 Å². The van der Waals surface area contributed by atoms with Gasteiger partial charge in [-0.1, -0.05) is 45.8 Å². The number of aryl methyl sites for hydroxylation is 1. The first kappa shape index (κ1) is 14.6. The van der Waals surface area contributed by atoms with Gasteiger partial charge in [-0.3, -0.25) is 4.90 Å². The standard InChI is InChI=1S/C18H20BrNO/c1-13-4-6-14(7-5-13)18(20-10-2-3-11-20)16-12-15(19)8-9-17(16)21/h4-9,12,18,21H,2-3,10-11H2,1H3/t18-/m0/s1. The molecule has 0 amide bonds. The molecule has 0 aromatic heterocycles. The summed E-state index contributed by atoms with van der Waals surface area (Å²) in [6.45, 7) is 4.28. The number of phenols is 1. The Hall–Kier alpha value is -1.32. The van der Waals surface area contributed by atoms with Crippen LogP contribution >= 0.6 is 15.9 Å². The SMILES string of the molecule is Cc1ccc([C@@H](c2cc(Br)ccc2O)N2CCCC2)cc1. The van der Waals surface area contributed by atoms with Crippen LogP contribution in [0.5, 0.6) is 5.75 Å². The monoisotopic (exact) mass is 345 g/mol. The van der Waals surface area contributed by atoms with Gasteiger partial charge in [-0.15, -0.1) is 0 Å². The van der Waals surface area contributed by atoms with Gasteiger partial charge in [0.2, 0.25) is 0 Å². The summed E-state index contributed by atoms with van der Waals surface area (Å²) in [5.74, 6) is 0.371. The lowest BCUT2D eigenvalue weighted by atomic mass is 9.96. The molecule has 0 saturated carbocycles. The zero-order chi connectivity index (χ0) is 14.8. The summed E-state index contributed by atoms with van der Waals surface area (Å²) in [5.41, 5.74) is 3.49. The molecule has 1 saturated heterocycles. The highest BCUT2D eigenvalue weighted by molar-refractivity contribution is 9.10. The third kappa shape index (κ3) is 3.14. The molecule has 2 aromatic carbocycles. The van der Waals surface area contributed by atoms with Crippen LogP contribution in [0.25, 0.3) is 0 Å². The van der Waals surface area contributed by atoms with E-state index < -0.39 is 0 Å². The third-order valence-electron chi connectivity index (χ3n) is 4.18. The van der Waals surface area contributed by atoms with Crippen molar-refractivity contribution in [2.24, 2.45) is 0 Å². The number of likely N-dealkylation sites (tertiary alicyclic amines) is 1. The molecule has 2 aromatic rings. The van der Waals surface area contributed by atoms with Crippen molar-refractivity contribution in [3.8, 4) is 5.75 Å². The summed E-state index contributed by atoms with van der Waals surface area (Å²) < 4.78 is 1.01. The summed E-state index contributed by atoms with van der Waals surface area (Å²) in [6.07, 6.45) is 2.47. The Labute approximate surface area is 134 Å². The maximum atomic E-state index is 10.3. The third-order valence-corrected chi connectivity index (χ3v) is 4.68. The van der Waals surface area contributed by atoms with Crippen molar-refractivity contribution in [3.05, 3.63) is 63.6 Å². The highest BCUT2D eigenvalue weighted by Gasteiger charge is 2.27. The Kier molecular flexibility index (Phi) is 4.32. The van der Waals surface area contributed by atoms with Gasteiger partial charge in [-0.05, 0) is 56.6 Å². The second kappa shape index (κ2) is 6.20. The summed E-state index contributed by atoms with van der Waals surface area (Å²) in [5, 5.41) is 10.3. The Morgan fingerprint density at radius 1 is 1.05 bits per heavy atom. The summed E-state index contributed by atoms with van der Waals surface area (Å²) in [6, 6.07) is 14.5. The van der Waals surface area contributed by atoms with E-state index in [1.165, 1.54) is 24.0 Å². The quantitative estimate of drug-likeness (QED) is 0.875. The van der Waals surface area contributed by atoms with Crippen LogP contribution in [-0.4, -0.2) is 23.1 Å². The van der Waals surface area contributed by atoms with Gasteiger partial charge in [0.05, 0.1) is 6.04 Å². The van der Waals surface area contributed by atoms with Gasteiger partial charge >= 0.3 is 0 Å². The van der Waals surface area contributed by atoms with Crippen LogP contribution in [-0.2, 0) is 0 Å². The van der Waals surface area contributed by atoms with Crippen molar-refractivity contribution in [1.29, 1.82) is 0 Å². The normalized spacial score (nSPS) is 17.0. The smallest absolute Gasteiger partial charge is 0.120 e. The molecule has 2 nitrogen and oxygen atoms in total. The minimum atomic E-state index is 0.130. The van der Waals surface area contributed by atoms with Crippen LogP contribution in [0.3, 0.4) is 0 Å². The van der Waals surface area contributed by atoms with Crippen molar-refractivity contribution < 1.29 is 5.11 Å². The van der Waals surface area contributed by atoms with E-state index >= 15 is 0 Å². The average Bonchev–Trinajstić information content (AvgIpc) is 2.99. The molecule has 0 aliphatic carbocycles. The summed E-state index contributed by atoms with van der Waals surface area (Å²) in [4.78, 5) is 2.46. The number of phenolic OH excluding ortho intramolecular Hbond substituents is 1. The number of halogens is 1. The lowest BCUT2D eigenvalue weighted by Gasteiger charge is -2.29. The number of nitrogens with zero attached hydrogens (tertiary/aromatic N) is 1. The van der Waals surface area contributed by atoms with E-state index in [4.69, 9.17) is 0 Å². The first-order valence-corrected chi connectivity index (χ1v) is 8.23. The minimum absolute atomic E-state index is 0.130. The molecule has 3 heteroatoms. The predicted octanol–water partition coefficient (Wildman–Crippen LogP) is 4.65. The Balaban J connectivity index is 2.07. The second-order valence-electron chi connectivity index (χ2n) is 5.76. The topological polar surface area (TPSA) is 23.5 Å². The van der Waals surface area contributed by atoms with Crippen LogP contribution in [0.1, 0.15) is 35.6 Å². The maximum absolute atomic E-state index is 10.3. The largest absolute Gasteiger partial charge is 0.508 e. The number of rotatable bonds is 3. The molecule has 0 spiro atoms. The minimum Gasteiger partial charge on any atom is -0.508 e. The van der Waals surface area contributed by atoms with Gasteiger partial charge in [0.25, 0.3) is 0 Å². The molecule has 1 aliphatic heterocycles. The van der Waals surface area contributed by atoms with Crippen LogP contribution in [0, 0.1) is 6.92 Å². The average molecular weight is 346 g/mol. The lowest BCUT2D eigenvalue weighted by molar-refractivity contribution is 0.275. The molecule has 1 fully saturated rings. The lowest BCUT2D eigenvalue weighted by Crippen LogP contribution is -2.26. The molecule has 0 unspecified atom stereocenters. The van der Waals surface area contributed by atoms with E-state index in [9.17, 15) is 5.11 Å². The van der Waals surface area contributed by atoms with Gasteiger partial charge in [-0.2, -0.15) is 0 Å². The molecule has 3 rings (SSSR count). The Morgan fingerprint density at radius 2 is 1.71 bits per heavy atom. The van der Waals surface area contributed by atoms with Gasteiger partial charge in [0.1, 0.15) is 5.75 Å². The van der Waals surface area contributed by atoms with Crippen LogP contribution in [0.2, 0.25) is 0 Å². The van der Waals surface area contributed by atoms with E-state index in [1.54, 1.807) is 6.07 Å². The summed E-state index contributed by atoms with van der Waals surface area (Å²) in [7, 11) is 0. The van der Waals surface area contributed by atoms with Crippen molar-refractivity contribution >= 4 is 15.9 Å². The van der Waals surface area contributed by atoms with Gasteiger partial charge in [-0.25, -0.2) is 0 Å². The highest BCUT2D eigenvalue weighted by Crippen LogP contribution is 2.37. The predicted molar refractivity (Wildman–Crippen MR) is 89.6 cm³/mol. The molecule has 110 valence electrons. The van der Waals surface area contributed by atoms with Crippen molar-refractivity contribution in [2.45, 2.75) is 25.8 Å². The number of hydrogen-bond donors (Lipinski definition) is 1. The van der Waals surface area contributed by atoms with E-state index in [0.717, 1.165) is 23.1 Å². The fraction of sp³-hybridized carbons (Fsp3) is 0.333. The first-order chi connectivity index (χ1) is 10.1. The Morgan fingerprint density at radius 3 is 2.38 bits per heavy atom. The molecule has 1 aliphatic rings. The summed E-state index contributed by atoms with van der Waals surface area (Å²) >= 11 is 3.53. The molecule has 0 radical (unpaired) electrons. The van der Waals surface area contributed by atoms with Crippen molar-refractivity contribution in [2.75, 3.05) is 13.1 Å². The zero-order valence-electron chi connectivity index (χ0n) is 12.2. The highest BCUT2D eigenvalue weighted by atomic mass is 79.9. The van der Waals surface area contributed by atoms with Crippen LogP contribution in [0.15, 0.2) is 46.9 Å².